The van der Waals surface area contributed by atoms with E-state index in [1.54, 1.807) is 25.1 Å². The Labute approximate surface area is 179 Å². The van der Waals surface area contributed by atoms with Crippen LogP contribution in [0, 0.1) is 6.92 Å². The Morgan fingerprint density at radius 1 is 1.25 bits per heavy atom. The molecule has 5 nitrogen and oxygen atoms in total. The van der Waals surface area contributed by atoms with E-state index in [-0.39, 0.29) is 25.0 Å². The molecular formula is C21H24BrClN2O3. The molecule has 1 N–H and O–H groups in total. The summed E-state index contributed by atoms with van der Waals surface area (Å²) in [6.45, 7) is 6.09. The zero-order chi connectivity index (χ0) is 20.7. The van der Waals surface area contributed by atoms with Crippen molar-refractivity contribution in [2.45, 2.75) is 33.4 Å². The number of carbonyl (C=O) groups excluding carboxylic acids is 2. The summed E-state index contributed by atoms with van der Waals surface area (Å²) < 4.78 is 6.64. The van der Waals surface area contributed by atoms with E-state index in [4.69, 9.17) is 16.3 Å². The molecule has 2 rings (SSSR count). The second-order valence-electron chi connectivity index (χ2n) is 6.42. The predicted molar refractivity (Wildman–Crippen MR) is 115 cm³/mol. The molecule has 0 aliphatic carbocycles. The van der Waals surface area contributed by atoms with Crippen molar-refractivity contribution < 1.29 is 14.3 Å². The van der Waals surface area contributed by atoms with E-state index in [2.05, 4.69) is 21.2 Å². The number of carbonyl (C=O) groups is 2. The SMILES string of the molecule is CCNC(=O)C(C)N(Cc1cccc(Cl)c1)C(=O)COc1ccc(Br)c(C)c1. The van der Waals surface area contributed by atoms with Crippen molar-refractivity contribution in [1.29, 1.82) is 0 Å². The lowest BCUT2D eigenvalue weighted by Crippen LogP contribution is -2.49. The maximum absolute atomic E-state index is 12.9. The zero-order valence-corrected chi connectivity index (χ0v) is 18.5. The highest BCUT2D eigenvalue weighted by Gasteiger charge is 2.26. The molecule has 0 saturated heterocycles. The molecule has 2 aromatic carbocycles. The van der Waals surface area contributed by atoms with E-state index in [1.165, 1.54) is 4.90 Å². The summed E-state index contributed by atoms with van der Waals surface area (Å²) in [5, 5.41) is 3.34. The molecule has 0 aromatic heterocycles. The van der Waals surface area contributed by atoms with Gasteiger partial charge < -0.3 is 15.0 Å². The molecule has 0 spiro atoms. The Morgan fingerprint density at radius 2 is 2.00 bits per heavy atom. The number of amides is 2. The number of hydrogen-bond donors (Lipinski definition) is 1. The first-order valence-electron chi connectivity index (χ1n) is 9.02. The molecule has 1 atom stereocenters. The molecular weight excluding hydrogens is 444 g/mol. The summed E-state index contributed by atoms with van der Waals surface area (Å²) in [4.78, 5) is 26.7. The van der Waals surface area contributed by atoms with Crippen LogP contribution >= 0.6 is 27.5 Å². The summed E-state index contributed by atoms with van der Waals surface area (Å²) in [6.07, 6.45) is 0. The third-order valence-corrected chi connectivity index (χ3v) is 5.38. The fraction of sp³-hybridized carbons (Fsp3) is 0.333. The van der Waals surface area contributed by atoms with Crippen LogP contribution in [0.2, 0.25) is 5.02 Å². The van der Waals surface area contributed by atoms with Crippen molar-refractivity contribution in [3.8, 4) is 5.75 Å². The number of aryl methyl sites for hydroxylation is 1. The molecule has 2 amide bonds. The molecule has 0 fully saturated rings. The predicted octanol–water partition coefficient (Wildman–Crippen LogP) is 4.34. The average molecular weight is 468 g/mol. The number of halogens is 2. The molecule has 0 radical (unpaired) electrons. The minimum Gasteiger partial charge on any atom is -0.484 e. The Morgan fingerprint density at radius 3 is 2.64 bits per heavy atom. The van der Waals surface area contributed by atoms with Gasteiger partial charge in [0, 0.05) is 22.6 Å². The van der Waals surface area contributed by atoms with Gasteiger partial charge in [-0.2, -0.15) is 0 Å². The summed E-state index contributed by atoms with van der Waals surface area (Å²) in [5.74, 6) is 0.110. The molecule has 0 aliphatic heterocycles. The van der Waals surface area contributed by atoms with Crippen molar-refractivity contribution in [3.63, 3.8) is 0 Å². The molecule has 150 valence electrons. The molecule has 0 bridgehead atoms. The molecule has 2 aromatic rings. The lowest BCUT2D eigenvalue weighted by molar-refractivity contribution is -0.142. The number of ether oxygens (including phenoxy) is 1. The van der Waals surface area contributed by atoms with Crippen LogP contribution in [-0.4, -0.2) is 35.9 Å². The Hall–Kier alpha value is -2.05. The number of hydrogen-bond acceptors (Lipinski definition) is 3. The minimum absolute atomic E-state index is 0.161. The number of likely N-dealkylation sites (N-methyl/N-ethyl adjacent to an activating group) is 1. The van der Waals surface area contributed by atoms with Crippen molar-refractivity contribution in [1.82, 2.24) is 10.2 Å². The van der Waals surface area contributed by atoms with Crippen molar-refractivity contribution in [3.05, 3.63) is 63.1 Å². The summed E-state index contributed by atoms with van der Waals surface area (Å²) in [7, 11) is 0. The van der Waals surface area contributed by atoms with Gasteiger partial charge in [-0.05, 0) is 62.2 Å². The van der Waals surface area contributed by atoms with Crippen LogP contribution in [0.5, 0.6) is 5.75 Å². The minimum atomic E-state index is -0.637. The van der Waals surface area contributed by atoms with Gasteiger partial charge in [0.2, 0.25) is 5.91 Å². The highest BCUT2D eigenvalue weighted by atomic mass is 79.9. The van der Waals surface area contributed by atoms with E-state index in [0.29, 0.717) is 17.3 Å². The molecule has 0 saturated carbocycles. The van der Waals surface area contributed by atoms with E-state index in [0.717, 1.165) is 15.6 Å². The maximum Gasteiger partial charge on any atom is 0.261 e. The van der Waals surface area contributed by atoms with E-state index >= 15 is 0 Å². The normalized spacial score (nSPS) is 11.6. The van der Waals surface area contributed by atoms with Gasteiger partial charge in [0.05, 0.1) is 0 Å². The third kappa shape index (κ3) is 6.24. The van der Waals surface area contributed by atoms with Crippen LogP contribution in [0.1, 0.15) is 25.0 Å². The highest BCUT2D eigenvalue weighted by molar-refractivity contribution is 9.10. The molecule has 7 heteroatoms. The number of nitrogens with zero attached hydrogens (tertiary/aromatic N) is 1. The van der Waals surface area contributed by atoms with Gasteiger partial charge in [-0.15, -0.1) is 0 Å². The standard InChI is InChI=1S/C21H24BrClN2O3/c1-4-24-21(27)15(3)25(12-16-6-5-7-17(23)11-16)20(26)13-28-18-8-9-19(22)14(2)10-18/h5-11,15H,4,12-13H2,1-3H3,(H,24,27). The summed E-state index contributed by atoms with van der Waals surface area (Å²) >= 11 is 9.50. The molecule has 0 heterocycles. The van der Waals surface area contributed by atoms with Gasteiger partial charge >= 0.3 is 0 Å². The van der Waals surface area contributed by atoms with Crippen LogP contribution in [0.15, 0.2) is 46.9 Å². The maximum atomic E-state index is 12.9. The smallest absolute Gasteiger partial charge is 0.261 e. The molecule has 0 aliphatic rings. The van der Waals surface area contributed by atoms with Gasteiger partial charge in [-0.3, -0.25) is 9.59 Å². The summed E-state index contributed by atoms with van der Waals surface area (Å²) in [6, 6.07) is 12.1. The van der Waals surface area contributed by atoms with E-state index < -0.39 is 6.04 Å². The monoisotopic (exact) mass is 466 g/mol. The van der Waals surface area contributed by atoms with Gasteiger partial charge in [0.15, 0.2) is 6.61 Å². The number of nitrogens with one attached hydrogen (secondary N) is 1. The van der Waals surface area contributed by atoms with Crippen LogP contribution in [0.3, 0.4) is 0 Å². The quantitative estimate of drug-likeness (QED) is 0.628. The van der Waals surface area contributed by atoms with Gasteiger partial charge in [0.25, 0.3) is 5.91 Å². The first-order chi connectivity index (χ1) is 13.3. The second-order valence-corrected chi connectivity index (χ2v) is 7.71. The van der Waals surface area contributed by atoms with Crippen LogP contribution in [0.25, 0.3) is 0 Å². The Kier molecular flexibility index (Phi) is 8.33. The lowest BCUT2D eigenvalue weighted by atomic mass is 10.1. The first kappa shape index (κ1) is 22.2. The molecule has 28 heavy (non-hydrogen) atoms. The van der Waals surface area contributed by atoms with Crippen molar-refractivity contribution >= 4 is 39.3 Å². The van der Waals surface area contributed by atoms with Gasteiger partial charge in [-0.1, -0.05) is 39.7 Å². The third-order valence-electron chi connectivity index (χ3n) is 4.25. The second kappa shape index (κ2) is 10.5. The Balaban J connectivity index is 2.15. The molecule has 1 unspecified atom stereocenters. The lowest BCUT2D eigenvalue weighted by Gasteiger charge is -2.28. The van der Waals surface area contributed by atoms with Gasteiger partial charge in [-0.25, -0.2) is 0 Å². The van der Waals surface area contributed by atoms with E-state index in [1.807, 2.05) is 38.1 Å². The average Bonchev–Trinajstić information content (AvgIpc) is 2.66. The summed E-state index contributed by atoms with van der Waals surface area (Å²) in [5.41, 5.74) is 1.85. The topological polar surface area (TPSA) is 58.6 Å². The fourth-order valence-electron chi connectivity index (χ4n) is 2.67. The van der Waals surface area contributed by atoms with Crippen molar-refractivity contribution in [2.24, 2.45) is 0 Å². The highest BCUT2D eigenvalue weighted by Crippen LogP contribution is 2.22. The number of benzene rings is 2. The van der Waals surface area contributed by atoms with Crippen LogP contribution in [-0.2, 0) is 16.1 Å². The Bertz CT molecular complexity index is 844. The van der Waals surface area contributed by atoms with Crippen LogP contribution in [0.4, 0.5) is 0 Å². The first-order valence-corrected chi connectivity index (χ1v) is 10.2. The van der Waals surface area contributed by atoms with Crippen LogP contribution < -0.4 is 10.1 Å². The zero-order valence-electron chi connectivity index (χ0n) is 16.2. The fourth-order valence-corrected chi connectivity index (χ4v) is 3.13. The van der Waals surface area contributed by atoms with Gasteiger partial charge in [0.1, 0.15) is 11.8 Å². The number of rotatable bonds is 8. The van der Waals surface area contributed by atoms with E-state index in [9.17, 15) is 9.59 Å². The van der Waals surface area contributed by atoms with Crippen molar-refractivity contribution in [2.75, 3.05) is 13.2 Å². The largest absolute Gasteiger partial charge is 0.484 e.